The summed E-state index contributed by atoms with van der Waals surface area (Å²) in [4.78, 5) is 25.9. The summed E-state index contributed by atoms with van der Waals surface area (Å²) in [6.07, 6.45) is 9.46. The quantitative estimate of drug-likeness (QED) is 0.490. The molecule has 0 bridgehead atoms. The molecule has 0 aromatic rings. The number of aliphatic imine (C=N–C) groups is 1. The largest absolute Gasteiger partial charge is 0.303 e. The highest BCUT2D eigenvalue weighted by molar-refractivity contribution is 5.96. The van der Waals surface area contributed by atoms with Crippen molar-refractivity contribution in [1.82, 2.24) is 0 Å². The van der Waals surface area contributed by atoms with Crippen LogP contribution in [0, 0.1) is 5.92 Å². The standard InChI is InChI=1S/C13H19NO2/c1-11-7-8-12(14-10-11)13(16)6-4-2-3-5-9-15/h8-11H,2-7H2,1H3. The van der Waals surface area contributed by atoms with Gasteiger partial charge in [0.25, 0.3) is 0 Å². The van der Waals surface area contributed by atoms with Crippen LogP contribution >= 0.6 is 0 Å². The lowest BCUT2D eigenvalue weighted by atomic mass is 10.0. The number of aldehydes is 1. The molecule has 1 unspecified atom stereocenters. The van der Waals surface area contributed by atoms with Gasteiger partial charge in [-0.05, 0) is 25.2 Å². The van der Waals surface area contributed by atoms with Crippen molar-refractivity contribution in [1.29, 1.82) is 0 Å². The molecule has 0 aliphatic carbocycles. The molecule has 0 N–H and O–H groups in total. The number of carbonyl (C=O) groups is 2. The monoisotopic (exact) mass is 221 g/mol. The maximum Gasteiger partial charge on any atom is 0.180 e. The predicted molar refractivity (Wildman–Crippen MR) is 64.5 cm³/mol. The molecule has 1 aliphatic heterocycles. The summed E-state index contributed by atoms with van der Waals surface area (Å²) in [5, 5.41) is 0. The van der Waals surface area contributed by atoms with Crippen molar-refractivity contribution in [3.8, 4) is 0 Å². The van der Waals surface area contributed by atoms with E-state index in [9.17, 15) is 9.59 Å². The van der Waals surface area contributed by atoms with Gasteiger partial charge in [0, 0.05) is 19.1 Å². The highest BCUT2D eigenvalue weighted by atomic mass is 16.1. The zero-order valence-electron chi connectivity index (χ0n) is 9.82. The van der Waals surface area contributed by atoms with Gasteiger partial charge in [-0.15, -0.1) is 0 Å². The first kappa shape index (κ1) is 12.8. The van der Waals surface area contributed by atoms with Crippen LogP contribution in [-0.2, 0) is 9.59 Å². The Hall–Kier alpha value is -1.25. The van der Waals surface area contributed by atoms with Crippen LogP contribution in [0.5, 0.6) is 0 Å². The number of Topliss-reactive ketones (excluding diaryl/α,β-unsaturated/α-hetero) is 1. The fourth-order valence-electron chi connectivity index (χ4n) is 1.62. The van der Waals surface area contributed by atoms with E-state index in [1.54, 1.807) is 0 Å². The van der Waals surface area contributed by atoms with Crippen molar-refractivity contribution >= 4 is 18.3 Å². The molecular weight excluding hydrogens is 202 g/mol. The number of unbranched alkanes of at least 4 members (excludes halogenated alkanes) is 3. The molecule has 0 fully saturated rings. The van der Waals surface area contributed by atoms with Crippen molar-refractivity contribution in [3.63, 3.8) is 0 Å². The number of ketones is 1. The van der Waals surface area contributed by atoms with E-state index in [4.69, 9.17) is 0 Å². The zero-order chi connectivity index (χ0) is 11.8. The highest BCUT2D eigenvalue weighted by Gasteiger charge is 2.11. The number of carbonyl (C=O) groups excluding carboxylic acids is 2. The molecule has 1 rings (SSSR count). The van der Waals surface area contributed by atoms with Crippen LogP contribution in [0.1, 0.15) is 45.4 Å². The van der Waals surface area contributed by atoms with E-state index in [0.29, 0.717) is 24.5 Å². The second-order valence-electron chi connectivity index (χ2n) is 4.27. The molecule has 0 radical (unpaired) electrons. The minimum absolute atomic E-state index is 0.134. The van der Waals surface area contributed by atoms with E-state index >= 15 is 0 Å². The first-order valence-electron chi connectivity index (χ1n) is 5.95. The molecule has 3 nitrogen and oxygen atoms in total. The van der Waals surface area contributed by atoms with Gasteiger partial charge in [-0.2, -0.15) is 0 Å². The molecule has 0 spiro atoms. The Morgan fingerprint density at radius 2 is 2.31 bits per heavy atom. The average molecular weight is 221 g/mol. The summed E-state index contributed by atoms with van der Waals surface area (Å²) in [7, 11) is 0. The lowest BCUT2D eigenvalue weighted by Crippen LogP contribution is -2.07. The zero-order valence-corrected chi connectivity index (χ0v) is 9.82. The third kappa shape index (κ3) is 4.51. The smallest absolute Gasteiger partial charge is 0.180 e. The van der Waals surface area contributed by atoms with Crippen LogP contribution in [0.2, 0.25) is 0 Å². The second-order valence-corrected chi connectivity index (χ2v) is 4.27. The number of hydrogen-bond donors (Lipinski definition) is 0. The van der Waals surface area contributed by atoms with Gasteiger partial charge in [0.05, 0.1) is 0 Å². The van der Waals surface area contributed by atoms with Crippen molar-refractivity contribution in [2.24, 2.45) is 10.9 Å². The Morgan fingerprint density at radius 1 is 1.50 bits per heavy atom. The van der Waals surface area contributed by atoms with Crippen LogP contribution in [-0.4, -0.2) is 18.3 Å². The van der Waals surface area contributed by atoms with Gasteiger partial charge in [-0.3, -0.25) is 9.79 Å². The fraction of sp³-hybridized carbons (Fsp3) is 0.615. The summed E-state index contributed by atoms with van der Waals surface area (Å²) in [5.74, 6) is 0.582. The molecular formula is C13H19NO2. The van der Waals surface area contributed by atoms with Gasteiger partial charge in [0.15, 0.2) is 5.78 Å². The van der Waals surface area contributed by atoms with Crippen molar-refractivity contribution in [2.75, 3.05) is 0 Å². The normalized spacial score (nSPS) is 19.3. The average Bonchev–Trinajstić information content (AvgIpc) is 2.29. The van der Waals surface area contributed by atoms with Crippen LogP contribution in [0.4, 0.5) is 0 Å². The first-order chi connectivity index (χ1) is 7.74. The predicted octanol–water partition coefficient (Wildman–Crippen LogP) is 2.70. The summed E-state index contributed by atoms with van der Waals surface area (Å²) in [5.41, 5.74) is 0.619. The maximum atomic E-state index is 11.7. The van der Waals surface area contributed by atoms with Crippen LogP contribution in [0.3, 0.4) is 0 Å². The van der Waals surface area contributed by atoms with Gasteiger partial charge >= 0.3 is 0 Å². The van der Waals surface area contributed by atoms with Gasteiger partial charge in [-0.25, -0.2) is 0 Å². The van der Waals surface area contributed by atoms with E-state index in [0.717, 1.165) is 32.0 Å². The molecule has 0 saturated heterocycles. The number of rotatable bonds is 7. The van der Waals surface area contributed by atoms with Crippen LogP contribution in [0.15, 0.2) is 16.8 Å². The van der Waals surface area contributed by atoms with E-state index in [-0.39, 0.29) is 5.78 Å². The van der Waals surface area contributed by atoms with E-state index in [2.05, 4.69) is 11.9 Å². The van der Waals surface area contributed by atoms with Crippen molar-refractivity contribution in [3.05, 3.63) is 11.8 Å². The molecule has 1 atom stereocenters. The Kier molecular flexibility index (Phi) is 5.68. The van der Waals surface area contributed by atoms with Crippen molar-refractivity contribution < 1.29 is 9.59 Å². The summed E-state index contributed by atoms with van der Waals surface area (Å²) < 4.78 is 0. The van der Waals surface area contributed by atoms with Gasteiger partial charge in [0.1, 0.15) is 12.0 Å². The summed E-state index contributed by atoms with van der Waals surface area (Å²) in [6, 6.07) is 0. The Morgan fingerprint density at radius 3 is 2.94 bits per heavy atom. The number of allylic oxidation sites excluding steroid dienone is 2. The van der Waals surface area contributed by atoms with Gasteiger partial charge in [-0.1, -0.05) is 19.4 Å². The van der Waals surface area contributed by atoms with E-state index < -0.39 is 0 Å². The van der Waals surface area contributed by atoms with Crippen LogP contribution in [0.25, 0.3) is 0 Å². The molecule has 1 heterocycles. The SMILES string of the molecule is CC1C=NC(C(=O)CCCCCC=O)=CC1. The molecule has 0 saturated carbocycles. The van der Waals surface area contributed by atoms with E-state index in [1.165, 1.54) is 0 Å². The molecule has 16 heavy (non-hydrogen) atoms. The number of hydrogen-bond acceptors (Lipinski definition) is 3. The minimum Gasteiger partial charge on any atom is -0.303 e. The minimum atomic E-state index is 0.134. The fourth-order valence-corrected chi connectivity index (χ4v) is 1.62. The third-order valence-electron chi connectivity index (χ3n) is 2.66. The summed E-state index contributed by atoms with van der Waals surface area (Å²) in [6.45, 7) is 2.08. The lowest BCUT2D eigenvalue weighted by Gasteiger charge is -2.09. The van der Waals surface area contributed by atoms with Crippen molar-refractivity contribution in [2.45, 2.75) is 45.4 Å². The van der Waals surface area contributed by atoms with E-state index in [1.807, 2.05) is 12.3 Å². The Labute approximate surface area is 96.6 Å². The van der Waals surface area contributed by atoms with Gasteiger partial charge in [0.2, 0.25) is 0 Å². The molecule has 3 heteroatoms. The molecule has 0 aromatic carbocycles. The van der Waals surface area contributed by atoms with Crippen LogP contribution < -0.4 is 0 Å². The molecule has 0 amide bonds. The Bertz CT molecular complexity index is 305. The molecule has 88 valence electrons. The topological polar surface area (TPSA) is 46.5 Å². The number of nitrogens with zero attached hydrogens (tertiary/aromatic N) is 1. The molecule has 0 aromatic heterocycles. The summed E-state index contributed by atoms with van der Waals surface area (Å²) >= 11 is 0. The first-order valence-corrected chi connectivity index (χ1v) is 5.95. The van der Waals surface area contributed by atoms with Gasteiger partial charge < -0.3 is 4.79 Å². The highest BCUT2D eigenvalue weighted by Crippen LogP contribution is 2.15. The molecule has 1 aliphatic rings. The Balaban J connectivity index is 2.20. The third-order valence-corrected chi connectivity index (χ3v) is 2.66. The second kappa shape index (κ2) is 7.09. The lowest BCUT2D eigenvalue weighted by molar-refractivity contribution is -0.115. The maximum absolute atomic E-state index is 11.7.